The van der Waals surface area contributed by atoms with E-state index in [9.17, 15) is 14.4 Å². The molecule has 2 aromatic carbocycles. The lowest BCUT2D eigenvalue weighted by Gasteiger charge is -2.19. The van der Waals surface area contributed by atoms with Gasteiger partial charge >= 0.3 is 0 Å². The van der Waals surface area contributed by atoms with Crippen molar-refractivity contribution in [3.63, 3.8) is 0 Å². The second-order valence-electron chi connectivity index (χ2n) is 6.44. The molecular formula is C22H21N3O3S. The third kappa shape index (κ3) is 6.02. The summed E-state index contributed by atoms with van der Waals surface area (Å²) in [6.07, 6.45) is 0.356. The summed E-state index contributed by atoms with van der Waals surface area (Å²) in [6.45, 7) is 1.42. The van der Waals surface area contributed by atoms with Gasteiger partial charge < -0.3 is 16.0 Å². The Morgan fingerprint density at radius 3 is 2.28 bits per heavy atom. The third-order valence-electron chi connectivity index (χ3n) is 4.10. The number of thiophene rings is 1. The fourth-order valence-corrected chi connectivity index (χ4v) is 3.43. The van der Waals surface area contributed by atoms with E-state index in [4.69, 9.17) is 0 Å². The van der Waals surface area contributed by atoms with Crippen molar-refractivity contribution >= 4 is 40.4 Å². The van der Waals surface area contributed by atoms with Crippen molar-refractivity contribution in [1.82, 2.24) is 5.32 Å². The number of hydrogen-bond donors (Lipinski definition) is 3. The van der Waals surface area contributed by atoms with Crippen molar-refractivity contribution in [2.24, 2.45) is 0 Å². The van der Waals surface area contributed by atoms with E-state index in [1.807, 2.05) is 35.7 Å². The van der Waals surface area contributed by atoms with Crippen LogP contribution in [0.15, 0.2) is 72.1 Å². The summed E-state index contributed by atoms with van der Waals surface area (Å²) in [5.41, 5.74) is 2.05. The average Bonchev–Trinajstić information content (AvgIpc) is 3.23. The van der Waals surface area contributed by atoms with Crippen LogP contribution < -0.4 is 16.0 Å². The highest BCUT2D eigenvalue weighted by molar-refractivity contribution is 7.12. The Labute approximate surface area is 173 Å². The standard InChI is InChI=1S/C22H21N3O3S/c1-15(26)23-17-9-5-10-18(14-17)24-21(27)19(13-16-7-3-2-4-8-16)25-22(28)20-11-6-12-29-20/h2-12,14,19H,13H2,1H3,(H,23,26)(H,24,27)(H,25,28)/t19-/m0/s1. The molecule has 0 fully saturated rings. The van der Waals surface area contributed by atoms with E-state index < -0.39 is 6.04 Å². The fourth-order valence-electron chi connectivity index (χ4n) is 2.80. The molecule has 3 N–H and O–H groups in total. The Bertz CT molecular complexity index is 988. The minimum absolute atomic E-state index is 0.196. The lowest BCUT2D eigenvalue weighted by atomic mass is 10.0. The van der Waals surface area contributed by atoms with Crippen LogP contribution in [0.5, 0.6) is 0 Å². The Morgan fingerprint density at radius 1 is 0.897 bits per heavy atom. The second-order valence-corrected chi connectivity index (χ2v) is 7.39. The van der Waals surface area contributed by atoms with Crippen molar-refractivity contribution in [2.75, 3.05) is 10.6 Å². The monoisotopic (exact) mass is 407 g/mol. The summed E-state index contributed by atoms with van der Waals surface area (Å²) in [6, 6.07) is 19.1. The second kappa shape index (κ2) is 9.66. The van der Waals surface area contributed by atoms with E-state index in [0.29, 0.717) is 22.7 Å². The summed E-state index contributed by atoms with van der Waals surface area (Å²) < 4.78 is 0. The van der Waals surface area contributed by atoms with Crippen LogP contribution in [0.25, 0.3) is 0 Å². The first-order valence-corrected chi connectivity index (χ1v) is 9.96. The van der Waals surface area contributed by atoms with Crippen molar-refractivity contribution in [2.45, 2.75) is 19.4 Å². The zero-order chi connectivity index (χ0) is 20.6. The van der Waals surface area contributed by atoms with E-state index in [1.54, 1.807) is 36.4 Å². The highest BCUT2D eigenvalue weighted by Crippen LogP contribution is 2.16. The lowest BCUT2D eigenvalue weighted by molar-refractivity contribution is -0.118. The quantitative estimate of drug-likeness (QED) is 0.558. The van der Waals surface area contributed by atoms with E-state index in [0.717, 1.165) is 5.56 Å². The highest BCUT2D eigenvalue weighted by atomic mass is 32.1. The van der Waals surface area contributed by atoms with E-state index >= 15 is 0 Å². The number of benzene rings is 2. The van der Waals surface area contributed by atoms with Crippen LogP contribution in [0.2, 0.25) is 0 Å². The van der Waals surface area contributed by atoms with Gasteiger partial charge in [0.2, 0.25) is 11.8 Å². The molecule has 0 spiro atoms. The molecule has 0 aliphatic heterocycles. The van der Waals surface area contributed by atoms with Gasteiger partial charge in [-0.3, -0.25) is 14.4 Å². The number of nitrogens with one attached hydrogen (secondary N) is 3. The summed E-state index contributed by atoms with van der Waals surface area (Å²) in [7, 11) is 0. The Kier molecular flexibility index (Phi) is 6.76. The van der Waals surface area contributed by atoms with Gasteiger partial charge in [0.1, 0.15) is 6.04 Å². The van der Waals surface area contributed by atoms with Crippen molar-refractivity contribution in [3.05, 3.63) is 82.6 Å². The van der Waals surface area contributed by atoms with Crippen molar-refractivity contribution in [3.8, 4) is 0 Å². The van der Waals surface area contributed by atoms with Crippen LogP contribution in [0, 0.1) is 0 Å². The molecule has 0 radical (unpaired) electrons. The van der Waals surface area contributed by atoms with Crippen molar-refractivity contribution in [1.29, 1.82) is 0 Å². The molecule has 29 heavy (non-hydrogen) atoms. The number of carbonyl (C=O) groups excluding carboxylic acids is 3. The molecule has 1 atom stereocenters. The third-order valence-corrected chi connectivity index (χ3v) is 4.97. The largest absolute Gasteiger partial charge is 0.339 e. The molecule has 0 saturated heterocycles. The maximum atomic E-state index is 12.9. The zero-order valence-electron chi connectivity index (χ0n) is 15.8. The van der Waals surface area contributed by atoms with E-state index in [-0.39, 0.29) is 17.7 Å². The minimum atomic E-state index is -0.753. The predicted molar refractivity (Wildman–Crippen MR) is 115 cm³/mol. The first-order valence-electron chi connectivity index (χ1n) is 9.08. The van der Waals surface area contributed by atoms with Crippen molar-refractivity contribution < 1.29 is 14.4 Å². The van der Waals surface area contributed by atoms with Crippen LogP contribution in [-0.2, 0) is 16.0 Å². The number of carbonyl (C=O) groups is 3. The molecule has 0 bridgehead atoms. The Balaban J connectivity index is 1.76. The normalized spacial score (nSPS) is 11.3. The van der Waals surface area contributed by atoms with Crippen LogP contribution in [0.1, 0.15) is 22.2 Å². The van der Waals surface area contributed by atoms with Gasteiger partial charge in [-0.1, -0.05) is 42.5 Å². The number of hydrogen-bond acceptors (Lipinski definition) is 4. The molecule has 3 aromatic rings. The minimum Gasteiger partial charge on any atom is -0.339 e. The van der Waals surface area contributed by atoms with Gasteiger partial charge in [0.05, 0.1) is 4.88 Å². The Morgan fingerprint density at radius 2 is 1.62 bits per heavy atom. The molecule has 148 valence electrons. The maximum Gasteiger partial charge on any atom is 0.262 e. The van der Waals surface area contributed by atoms with Gasteiger partial charge in [0, 0.05) is 24.7 Å². The van der Waals surface area contributed by atoms with Crippen LogP contribution in [-0.4, -0.2) is 23.8 Å². The molecule has 3 rings (SSSR count). The predicted octanol–water partition coefficient (Wildman–Crippen LogP) is 3.69. The topological polar surface area (TPSA) is 87.3 Å². The van der Waals surface area contributed by atoms with Gasteiger partial charge in [-0.05, 0) is 35.2 Å². The van der Waals surface area contributed by atoms with Gasteiger partial charge in [-0.25, -0.2) is 0 Å². The molecule has 0 unspecified atom stereocenters. The Hall–Kier alpha value is -3.45. The molecule has 3 amide bonds. The molecule has 0 aliphatic rings. The summed E-state index contributed by atoms with van der Waals surface area (Å²) >= 11 is 1.32. The maximum absolute atomic E-state index is 12.9. The number of anilines is 2. The summed E-state index contributed by atoms with van der Waals surface area (Å²) in [4.78, 5) is 37.2. The van der Waals surface area contributed by atoms with Gasteiger partial charge in [0.25, 0.3) is 5.91 Å². The van der Waals surface area contributed by atoms with Crippen LogP contribution >= 0.6 is 11.3 Å². The SMILES string of the molecule is CC(=O)Nc1cccc(NC(=O)[C@H](Cc2ccccc2)NC(=O)c2cccs2)c1. The lowest BCUT2D eigenvalue weighted by Crippen LogP contribution is -2.45. The molecule has 1 aromatic heterocycles. The summed E-state index contributed by atoms with van der Waals surface area (Å²) in [5.74, 6) is -0.819. The smallest absolute Gasteiger partial charge is 0.262 e. The van der Waals surface area contributed by atoms with Gasteiger partial charge in [-0.15, -0.1) is 11.3 Å². The number of rotatable bonds is 7. The molecule has 7 heteroatoms. The summed E-state index contributed by atoms with van der Waals surface area (Å²) in [5, 5.41) is 10.1. The highest BCUT2D eigenvalue weighted by Gasteiger charge is 2.22. The number of amides is 3. The average molecular weight is 407 g/mol. The molecule has 0 aliphatic carbocycles. The zero-order valence-corrected chi connectivity index (χ0v) is 16.7. The van der Waals surface area contributed by atoms with Crippen LogP contribution in [0.4, 0.5) is 11.4 Å². The first kappa shape index (κ1) is 20.3. The van der Waals surface area contributed by atoms with Gasteiger partial charge in [0.15, 0.2) is 0 Å². The molecule has 0 saturated carbocycles. The van der Waals surface area contributed by atoms with Gasteiger partial charge in [-0.2, -0.15) is 0 Å². The van der Waals surface area contributed by atoms with E-state index in [1.165, 1.54) is 18.3 Å². The molecular weight excluding hydrogens is 386 g/mol. The molecule has 1 heterocycles. The fraction of sp³-hybridized carbons (Fsp3) is 0.136. The van der Waals surface area contributed by atoms with Crippen LogP contribution in [0.3, 0.4) is 0 Å². The van der Waals surface area contributed by atoms with E-state index in [2.05, 4.69) is 16.0 Å². The first-order chi connectivity index (χ1) is 14.0. The molecule has 6 nitrogen and oxygen atoms in total.